The van der Waals surface area contributed by atoms with E-state index in [0.717, 1.165) is 15.8 Å². The number of benzene rings is 3. The largest absolute Gasteiger partial charge is 0.298 e. The number of carbonyl (C=O) groups excluding carboxylic acids is 1. The number of nitrogens with one attached hydrogen (secondary N) is 1. The van der Waals surface area contributed by atoms with Crippen LogP contribution in [-0.2, 0) is 0 Å². The fourth-order valence-electron chi connectivity index (χ4n) is 3.90. The van der Waals surface area contributed by atoms with E-state index in [-0.39, 0.29) is 11.5 Å². The van der Waals surface area contributed by atoms with Crippen molar-refractivity contribution in [3.05, 3.63) is 93.5 Å². The van der Waals surface area contributed by atoms with E-state index >= 15 is 0 Å². The number of rotatable bonds is 3. The molecule has 7 heteroatoms. The highest BCUT2D eigenvalue weighted by Crippen LogP contribution is 2.29. The molecule has 0 spiro atoms. The van der Waals surface area contributed by atoms with Crippen molar-refractivity contribution in [2.24, 2.45) is 0 Å². The van der Waals surface area contributed by atoms with E-state index in [1.54, 1.807) is 41.8 Å². The van der Waals surface area contributed by atoms with Gasteiger partial charge in [-0.05, 0) is 74.4 Å². The first-order chi connectivity index (χ1) is 15.4. The summed E-state index contributed by atoms with van der Waals surface area (Å²) in [7, 11) is 0. The van der Waals surface area contributed by atoms with Gasteiger partial charge in [0.15, 0.2) is 5.13 Å². The number of nitrogens with zero attached hydrogens (tertiary/aromatic N) is 3. The molecular formula is C25H20N4O2S. The first-order valence-electron chi connectivity index (χ1n) is 10.2. The van der Waals surface area contributed by atoms with E-state index in [2.05, 4.69) is 27.4 Å². The van der Waals surface area contributed by atoms with Gasteiger partial charge in [0.2, 0.25) is 0 Å². The monoisotopic (exact) mass is 440 g/mol. The summed E-state index contributed by atoms with van der Waals surface area (Å²) in [6.07, 6.45) is 0. The van der Waals surface area contributed by atoms with Gasteiger partial charge < -0.3 is 0 Å². The average molecular weight is 441 g/mol. The molecule has 32 heavy (non-hydrogen) atoms. The topological polar surface area (TPSA) is 76.9 Å². The molecule has 0 atom stereocenters. The summed E-state index contributed by atoms with van der Waals surface area (Å²) in [5.41, 5.74) is 4.85. The number of anilines is 1. The third-order valence-corrected chi connectivity index (χ3v) is 6.30. The molecule has 5 aromatic rings. The van der Waals surface area contributed by atoms with Crippen molar-refractivity contribution in [2.45, 2.75) is 20.8 Å². The molecule has 0 fully saturated rings. The van der Waals surface area contributed by atoms with Gasteiger partial charge >= 0.3 is 0 Å². The summed E-state index contributed by atoms with van der Waals surface area (Å²) in [4.78, 5) is 34.9. The summed E-state index contributed by atoms with van der Waals surface area (Å²) < 4.78 is 2.61. The zero-order chi connectivity index (χ0) is 22.4. The number of carbonyl (C=O) groups is 1. The van der Waals surface area contributed by atoms with Crippen LogP contribution in [0.5, 0.6) is 0 Å². The minimum Gasteiger partial charge on any atom is -0.298 e. The van der Waals surface area contributed by atoms with Gasteiger partial charge in [0, 0.05) is 5.56 Å². The Morgan fingerprint density at radius 3 is 2.50 bits per heavy atom. The predicted octanol–water partition coefficient (Wildman–Crippen LogP) is 5.17. The molecule has 0 radical (unpaired) electrons. The standard InChI is InChI=1S/C25H20N4O2S/c1-14-12-15(2)22-21(13-14)32-25(27-22)28-23(30)17-8-10-18(11-9-17)29-16(3)26-20-7-5-4-6-19(20)24(29)31/h4-13H,1-3H3,(H,27,28,30). The SMILES string of the molecule is Cc1cc(C)c2nc(NC(=O)c3ccc(-n4c(C)nc5ccccc5c4=O)cc3)sc2c1. The highest BCUT2D eigenvalue weighted by atomic mass is 32.1. The van der Waals surface area contributed by atoms with Crippen molar-refractivity contribution in [2.75, 3.05) is 5.32 Å². The van der Waals surface area contributed by atoms with Crippen LogP contribution >= 0.6 is 11.3 Å². The highest BCUT2D eigenvalue weighted by Gasteiger charge is 2.13. The van der Waals surface area contributed by atoms with Crippen molar-refractivity contribution in [1.29, 1.82) is 0 Å². The smallest absolute Gasteiger partial charge is 0.265 e. The maximum atomic E-state index is 13.0. The summed E-state index contributed by atoms with van der Waals surface area (Å²) in [6.45, 7) is 5.86. The number of para-hydroxylation sites is 1. The Bertz CT molecular complexity index is 1570. The van der Waals surface area contributed by atoms with Gasteiger partial charge in [0.25, 0.3) is 11.5 Å². The maximum absolute atomic E-state index is 13.0. The Kier molecular flexibility index (Phi) is 4.83. The van der Waals surface area contributed by atoms with E-state index in [1.165, 1.54) is 16.9 Å². The molecule has 0 saturated carbocycles. The second-order valence-corrected chi connectivity index (χ2v) is 8.80. The van der Waals surface area contributed by atoms with Crippen molar-refractivity contribution >= 4 is 43.5 Å². The summed E-state index contributed by atoms with van der Waals surface area (Å²) in [5, 5.41) is 4.01. The van der Waals surface area contributed by atoms with Crippen molar-refractivity contribution in [1.82, 2.24) is 14.5 Å². The molecule has 0 aliphatic carbocycles. The number of amides is 1. The first-order valence-corrected chi connectivity index (χ1v) is 11.0. The Labute approximate surface area is 188 Å². The van der Waals surface area contributed by atoms with Crippen LogP contribution in [0.2, 0.25) is 0 Å². The van der Waals surface area contributed by atoms with Crippen LogP contribution in [-0.4, -0.2) is 20.4 Å². The van der Waals surface area contributed by atoms with Gasteiger partial charge in [-0.15, -0.1) is 0 Å². The van der Waals surface area contributed by atoms with E-state index in [0.29, 0.717) is 33.1 Å². The highest BCUT2D eigenvalue weighted by molar-refractivity contribution is 7.22. The lowest BCUT2D eigenvalue weighted by molar-refractivity contribution is 0.102. The Morgan fingerprint density at radius 1 is 0.969 bits per heavy atom. The zero-order valence-corrected chi connectivity index (χ0v) is 18.7. The third-order valence-electron chi connectivity index (χ3n) is 5.38. The number of hydrogen-bond acceptors (Lipinski definition) is 5. The molecular weight excluding hydrogens is 420 g/mol. The van der Waals surface area contributed by atoms with Crippen molar-refractivity contribution in [3.63, 3.8) is 0 Å². The number of thiazole rings is 1. The molecule has 1 N–H and O–H groups in total. The summed E-state index contributed by atoms with van der Waals surface area (Å²) in [5.74, 6) is 0.344. The zero-order valence-electron chi connectivity index (χ0n) is 17.8. The van der Waals surface area contributed by atoms with Gasteiger partial charge in [0.05, 0.1) is 26.8 Å². The van der Waals surface area contributed by atoms with Gasteiger partial charge in [0.1, 0.15) is 5.82 Å². The van der Waals surface area contributed by atoms with Crippen LogP contribution in [0.25, 0.3) is 26.8 Å². The third kappa shape index (κ3) is 3.46. The molecule has 158 valence electrons. The van der Waals surface area contributed by atoms with Gasteiger partial charge in [-0.2, -0.15) is 0 Å². The molecule has 6 nitrogen and oxygen atoms in total. The Hall–Kier alpha value is -3.84. The normalized spacial score (nSPS) is 11.2. The lowest BCUT2D eigenvalue weighted by Gasteiger charge is -2.11. The number of aryl methyl sites for hydroxylation is 3. The molecule has 2 heterocycles. The molecule has 3 aromatic carbocycles. The van der Waals surface area contributed by atoms with Crippen LogP contribution in [0.1, 0.15) is 27.3 Å². The van der Waals surface area contributed by atoms with Gasteiger partial charge in [-0.25, -0.2) is 9.97 Å². The molecule has 0 saturated heterocycles. The minimum atomic E-state index is -0.245. The van der Waals surface area contributed by atoms with Gasteiger partial charge in [-0.3, -0.25) is 19.5 Å². The summed E-state index contributed by atoms with van der Waals surface area (Å²) >= 11 is 1.46. The first kappa shape index (κ1) is 20.1. The molecule has 0 unspecified atom stereocenters. The van der Waals surface area contributed by atoms with E-state index in [9.17, 15) is 9.59 Å². The molecule has 1 amide bonds. The number of aromatic nitrogens is 3. The molecule has 2 aromatic heterocycles. The van der Waals surface area contributed by atoms with Crippen LogP contribution in [0, 0.1) is 20.8 Å². The van der Waals surface area contributed by atoms with E-state index < -0.39 is 0 Å². The number of hydrogen-bond donors (Lipinski definition) is 1. The fourth-order valence-corrected chi connectivity index (χ4v) is 4.94. The minimum absolute atomic E-state index is 0.134. The lowest BCUT2D eigenvalue weighted by atomic mass is 10.1. The Morgan fingerprint density at radius 2 is 1.72 bits per heavy atom. The molecule has 0 bridgehead atoms. The van der Waals surface area contributed by atoms with Crippen LogP contribution in [0.15, 0.2) is 65.5 Å². The molecule has 0 aliphatic rings. The van der Waals surface area contributed by atoms with Crippen LogP contribution in [0.3, 0.4) is 0 Å². The number of fused-ring (bicyclic) bond motifs is 2. The Balaban J connectivity index is 1.44. The lowest BCUT2D eigenvalue weighted by Crippen LogP contribution is -2.22. The van der Waals surface area contributed by atoms with Crippen LogP contribution in [0.4, 0.5) is 5.13 Å². The second kappa shape index (κ2) is 7.69. The molecule has 5 rings (SSSR count). The fraction of sp³-hybridized carbons (Fsp3) is 0.120. The quantitative estimate of drug-likeness (QED) is 0.420. The summed E-state index contributed by atoms with van der Waals surface area (Å²) in [6, 6.07) is 18.3. The van der Waals surface area contributed by atoms with E-state index in [4.69, 9.17) is 0 Å². The van der Waals surface area contributed by atoms with Crippen molar-refractivity contribution < 1.29 is 4.79 Å². The second-order valence-electron chi connectivity index (χ2n) is 7.77. The van der Waals surface area contributed by atoms with Gasteiger partial charge in [-0.1, -0.05) is 29.5 Å². The van der Waals surface area contributed by atoms with Crippen LogP contribution < -0.4 is 10.9 Å². The van der Waals surface area contributed by atoms with E-state index in [1.807, 2.05) is 32.0 Å². The predicted molar refractivity (Wildman–Crippen MR) is 129 cm³/mol. The average Bonchev–Trinajstić information content (AvgIpc) is 3.17. The van der Waals surface area contributed by atoms with Crippen molar-refractivity contribution in [3.8, 4) is 5.69 Å². The maximum Gasteiger partial charge on any atom is 0.265 e. The molecule has 0 aliphatic heterocycles.